The number of phenols is 1. The number of ketones is 3. The van der Waals surface area contributed by atoms with Gasteiger partial charge in [0.05, 0.1) is 36.3 Å². The maximum atomic E-state index is 15.5. The molecule has 1 saturated heterocycles. The van der Waals surface area contributed by atoms with Gasteiger partial charge in [-0.3, -0.25) is 38.4 Å². The number of hydrogen-bond donors (Lipinski definition) is 7. The number of Topliss-reactive ketones (excluding diaryl/α,β-unsaturated/α-hetero) is 3. The summed E-state index contributed by atoms with van der Waals surface area (Å²) in [6.45, 7) is 19.1. The molecule has 0 saturated carbocycles. The number of hydrogen-bond acceptors (Lipinski definition) is 13. The molecule has 0 bridgehead atoms. The van der Waals surface area contributed by atoms with Crippen LogP contribution in [0.5, 0.6) is 5.75 Å². The quantitative estimate of drug-likeness (QED) is 0.0186. The van der Waals surface area contributed by atoms with Crippen molar-refractivity contribution >= 4 is 58.9 Å². The third kappa shape index (κ3) is 22.8. The normalized spacial score (nSPS) is 15.8. The number of phenolic OH excluding ortho intramolecular Hbond substituents is 1. The minimum absolute atomic E-state index is 0.00241. The van der Waals surface area contributed by atoms with Crippen molar-refractivity contribution in [1.29, 1.82) is 0 Å². The van der Waals surface area contributed by atoms with Crippen molar-refractivity contribution in [2.24, 2.45) is 29.6 Å². The van der Waals surface area contributed by atoms with E-state index in [0.717, 1.165) is 16.7 Å². The van der Waals surface area contributed by atoms with Crippen molar-refractivity contribution in [1.82, 2.24) is 31.5 Å². The van der Waals surface area contributed by atoms with Gasteiger partial charge in [-0.15, -0.1) is 0 Å². The summed E-state index contributed by atoms with van der Waals surface area (Å²) in [5, 5.41) is 34.6. The highest BCUT2D eigenvalue weighted by Crippen LogP contribution is 2.38. The summed E-state index contributed by atoms with van der Waals surface area (Å²) in [5.74, 6) is -10.2. The summed E-state index contributed by atoms with van der Waals surface area (Å²) in [6.07, 6.45) is -1.39. The Bertz CT molecular complexity index is 3350. The molecule has 6 rings (SSSR count). The number of likely N-dealkylation sites (tertiary alicyclic amines) is 1. The van der Waals surface area contributed by atoms with Crippen LogP contribution in [0.25, 0.3) is 0 Å². The molecular formula is C77H100N6O14. The number of carboxylic acids is 1. The molecule has 20 heteroatoms. The summed E-state index contributed by atoms with van der Waals surface area (Å²) in [6, 6.07) is 37.4. The average molecular weight is 1330 g/mol. The number of ether oxygens (including phenoxy) is 2. The van der Waals surface area contributed by atoms with Gasteiger partial charge in [-0.05, 0) is 119 Å². The SMILES string of the molecule is CC[C@H](CC(=O)[C@@H](NC(=O)C(Cc1ccc(O)cc1)NC(=O)OC(C)(C)C)[C@@H](C)CC)C(=O)N[C@H](C(=O)C[C@@H](CCC(=O)NC(c1ccccc1)(c1ccccc1)c1ccccc1)C(=O)N1CCC[C@H]1C(=O)C[C@@H](COC(C)(C)C)C(=O)N[C@@H](Cc1ccccc1)C(=O)O)C(C)C. The molecule has 1 aliphatic rings. The number of aliphatic carboxylic acids is 1. The number of carboxylic acid groups (broad SMARTS) is 1. The van der Waals surface area contributed by atoms with Gasteiger partial charge >= 0.3 is 12.1 Å². The van der Waals surface area contributed by atoms with Crippen molar-refractivity contribution in [3.63, 3.8) is 0 Å². The van der Waals surface area contributed by atoms with Crippen molar-refractivity contribution in [2.75, 3.05) is 13.2 Å². The van der Waals surface area contributed by atoms with Crippen LogP contribution in [0.1, 0.15) is 162 Å². The molecule has 1 aliphatic heterocycles. The van der Waals surface area contributed by atoms with Crippen LogP contribution in [0.3, 0.4) is 0 Å². The van der Waals surface area contributed by atoms with Crippen LogP contribution < -0.4 is 26.6 Å². The zero-order valence-corrected chi connectivity index (χ0v) is 58.1. The molecular weight excluding hydrogens is 1230 g/mol. The number of amides is 6. The molecule has 5 aromatic carbocycles. The average Bonchev–Trinajstić information content (AvgIpc) is 1.01. The lowest BCUT2D eigenvalue weighted by atomic mass is 9.76. The first kappa shape index (κ1) is 77.0. The lowest BCUT2D eigenvalue weighted by Crippen LogP contribution is -2.55. The van der Waals surface area contributed by atoms with Crippen LogP contribution in [0.4, 0.5) is 4.79 Å². The van der Waals surface area contributed by atoms with Crippen LogP contribution in [-0.2, 0) is 71.0 Å². The fraction of sp³-hybridized carbons (Fsp3) is 0.481. The number of nitrogens with zero attached hydrogens (tertiary/aromatic N) is 1. The first-order valence-electron chi connectivity index (χ1n) is 33.9. The number of benzene rings is 5. The number of alkyl carbamates (subject to hydrolysis) is 1. The third-order valence-electron chi connectivity index (χ3n) is 17.7. The number of carbonyl (C=O) groups excluding carboxylic acids is 9. The topological polar surface area (TPSA) is 293 Å². The fourth-order valence-electron chi connectivity index (χ4n) is 12.2. The van der Waals surface area contributed by atoms with Crippen molar-refractivity contribution < 1.29 is 67.6 Å². The summed E-state index contributed by atoms with van der Waals surface area (Å²) in [7, 11) is 0. The lowest BCUT2D eigenvalue weighted by molar-refractivity contribution is -0.146. The predicted molar refractivity (Wildman–Crippen MR) is 369 cm³/mol. The van der Waals surface area contributed by atoms with Crippen molar-refractivity contribution in [2.45, 2.75) is 194 Å². The zero-order chi connectivity index (χ0) is 71.2. The molecule has 0 radical (unpaired) electrons. The Hall–Kier alpha value is -9.04. The van der Waals surface area contributed by atoms with Crippen LogP contribution in [0.2, 0.25) is 0 Å². The van der Waals surface area contributed by atoms with Gasteiger partial charge in [-0.2, -0.15) is 0 Å². The molecule has 6 amide bonds. The van der Waals surface area contributed by atoms with Gasteiger partial charge in [0.1, 0.15) is 29.0 Å². The summed E-state index contributed by atoms with van der Waals surface area (Å²) in [4.78, 5) is 145. The molecule has 20 nitrogen and oxygen atoms in total. The second kappa shape index (κ2) is 35.8. The van der Waals surface area contributed by atoms with E-state index in [9.17, 15) is 48.6 Å². The van der Waals surface area contributed by atoms with Crippen molar-refractivity contribution in [3.05, 3.63) is 173 Å². The minimum Gasteiger partial charge on any atom is -0.508 e. The molecule has 9 atom stereocenters. The maximum Gasteiger partial charge on any atom is 0.408 e. The molecule has 0 spiro atoms. The van der Waals surface area contributed by atoms with Gasteiger partial charge in [0.2, 0.25) is 29.5 Å². The molecule has 522 valence electrons. The van der Waals surface area contributed by atoms with E-state index < -0.39 is 148 Å². The minimum atomic E-state index is -1.34. The largest absolute Gasteiger partial charge is 0.508 e. The second-order valence-electron chi connectivity index (χ2n) is 27.8. The first-order valence-corrected chi connectivity index (χ1v) is 33.9. The Balaban J connectivity index is 1.28. The van der Waals surface area contributed by atoms with Gasteiger partial charge in [-0.25, -0.2) is 9.59 Å². The Kier molecular flexibility index (Phi) is 28.4. The highest BCUT2D eigenvalue weighted by atomic mass is 16.6. The molecule has 97 heavy (non-hydrogen) atoms. The smallest absolute Gasteiger partial charge is 0.408 e. The summed E-state index contributed by atoms with van der Waals surface area (Å²) >= 11 is 0. The standard InChI is InChI=1S/C77H100N6O14/c1-12-50(5)68(81-71(91)60(79-74(95)97-76(9,10)11)43-52-36-39-59(84)40-37-52)65(87)45-53(13-2)69(89)80-67(49(3)4)64(86)46-54(38-41-66(88)82-77(56-29-20-15-21-30-56,57-31-22-16-23-32-57)58-33-24-17-25-34-58)72(92)83-42-26-35-62(83)63(85)47-55(48-96-75(6,7)8)70(90)78-61(73(93)94)44-51-27-18-14-19-28-51/h14-25,27-34,36-37,39-40,49-50,53-55,60-62,67-68,84H,12-13,26,35,38,41-48H2,1-11H3,(H,78,90)(H,79,95)(H,80,89)(H,81,91)(H,82,88)(H,93,94)/t50-,53+,54+,55-,60?,61-,62-,67-,68-/m0/s1. The van der Waals surface area contributed by atoms with Gasteiger partial charge in [0.15, 0.2) is 17.3 Å². The molecule has 1 heterocycles. The molecule has 5 aromatic rings. The Morgan fingerprint density at radius 2 is 1.05 bits per heavy atom. The summed E-state index contributed by atoms with van der Waals surface area (Å²) < 4.78 is 11.5. The van der Waals surface area contributed by atoms with E-state index >= 15 is 9.59 Å². The Labute approximate surface area is 571 Å². The van der Waals surface area contributed by atoms with Gasteiger partial charge < -0.3 is 51.2 Å². The maximum absolute atomic E-state index is 15.5. The van der Waals surface area contributed by atoms with Gasteiger partial charge in [0, 0.05) is 56.9 Å². The zero-order valence-electron chi connectivity index (χ0n) is 58.1. The van der Waals surface area contributed by atoms with E-state index in [4.69, 9.17) is 9.47 Å². The first-order chi connectivity index (χ1) is 45.9. The molecule has 0 aromatic heterocycles. The predicted octanol–water partition coefficient (Wildman–Crippen LogP) is 10.1. The summed E-state index contributed by atoms with van der Waals surface area (Å²) in [5.41, 5.74) is 0.643. The van der Waals surface area contributed by atoms with Crippen molar-refractivity contribution in [3.8, 4) is 5.75 Å². The van der Waals surface area contributed by atoms with E-state index in [1.807, 2.05) is 97.9 Å². The molecule has 1 unspecified atom stereocenters. The van der Waals surface area contributed by atoms with E-state index in [1.165, 1.54) is 17.0 Å². The molecule has 7 N–H and O–H groups in total. The highest BCUT2D eigenvalue weighted by molar-refractivity contribution is 5.98. The van der Waals surface area contributed by atoms with Crippen LogP contribution >= 0.6 is 0 Å². The fourth-order valence-corrected chi connectivity index (χ4v) is 12.2. The Morgan fingerprint density at radius 3 is 1.56 bits per heavy atom. The van der Waals surface area contributed by atoms with E-state index in [-0.39, 0.29) is 63.8 Å². The Morgan fingerprint density at radius 1 is 0.557 bits per heavy atom. The lowest BCUT2D eigenvalue weighted by Gasteiger charge is -2.37. The molecule has 1 fully saturated rings. The monoisotopic (exact) mass is 1330 g/mol. The third-order valence-corrected chi connectivity index (χ3v) is 17.7. The van der Waals surface area contributed by atoms with Crippen LogP contribution in [0.15, 0.2) is 146 Å². The number of rotatable bonds is 35. The van der Waals surface area contributed by atoms with Crippen LogP contribution in [0, 0.1) is 29.6 Å². The number of carbonyl (C=O) groups is 10. The highest BCUT2D eigenvalue weighted by Gasteiger charge is 2.43. The number of aromatic hydroxyl groups is 1. The molecule has 0 aliphatic carbocycles. The van der Waals surface area contributed by atoms with E-state index in [2.05, 4.69) is 26.6 Å². The second-order valence-corrected chi connectivity index (χ2v) is 27.8. The number of nitrogens with one attached hydrogen (secondary N) is 5. The van der Waals surface area contributed by atoms with E-state index in [1.54, 1.807) is 112 Å². The van der Waals surface area contributed by atoms with Crippen LogP contribution in [-0.4, -0.2) is 129 Å². The van der Waals surface area contributed by atoms with Gasteiger partial charge in [-0.1, -0.05) is 174 Å². The van der Waals surface area contributed by atoms with Gasteiger partial charge in [0.25, 0.3) is 0 Å². The van der Waals surface area contributed by atoms with E-state index in [0.29, 0.717) is 24.0 Å².